The van der Waals surface area contributed by atoms with E-state index in [4.69, 9.17) is 11.6 Å². The third kappa shape index (κ3) is 6.00. The van der Waals surface area contributed by atoms with Crippen LogP contribution in [0.5, 0.6) is 0 Å². The Kier molecular flexibility index (Phi) is 7.42. The lowest BCUT2D eigenvalue weighted by Crippen LogP contribution is -2.48. The summed E-state index contributed by atoms with van der Waals surface area (Å²) in [5.41, 5.74) is 2.55. The molecule has 7 nitrogen and oxygen atoms in total. The van der Waals surface area contributed by atoms with E-state index in [0.717, 1.165) is 35.8 Å². The van der Waals surface area contributed by atoms with Crippen LogP contribution in [0.2, 0.25) is 5.02 Å². The summed E-state index contributed by atoms with van der Waals surface area (Å²) in [5, 5.41) is 7.97. The summed E-state index contributed by atoms with van der Waals surface area (Å²) in [6.07, 6.45) is 1.03. The van der Waals surface area contributed by atoms with E-state index in [2.05, 4.69) is 15.3 Å². The van der Waals surface area contributed by atoms with Gasteiger partial charge in [-0.3, -0.25) is 19.2 Å². The Morgan fingerprint density at radius 2 is 1.70 bits per heavy atom. The van der Waals surface area contributed by atoms with Gasteiger partial charge in [-0.05, 0) is 23.6 Å². The number of carbonyl (C=O) groups is 2. The van der Waals surface area contributed by atoms with Gasteiger partial charge in [-0.1, -0.05) is 60.1 Å². The van der Waals surface area contributed by atoms with Crippen molar-refractivity contribution in [1.29, 1.82) is 0 Å². The Morgan fingerprint density at radius 3 is 2.42 bits per heavy atom. The molecule has 1 aliphatic rings. The third-order valence-electron chi connectivity index (χ3n) is 5.86. The zero-order chi connectivity index (χ0) is 23.2. The summed E-state index contributed by atoms with van der Waals surface area (Å²) in [7, 11) is 1.73. The number of rotatable bonds is 7. The summed E-state index contributed by atoms with van der Waals surface area (Å²) < 4.78 is 1.54. The number of nitrogens with one attached hydrogen (secondary N) is 1. The topological polar surface area (TPSA) is 70.5 Å². The van der Waals surface area contributed by atoms with Gasteiger partial charge in [0, 0.05) is 57.3 Å². The molecule has 0 unspecified atom stereocenters. The summed E-state index contributed by atoms with van der Waals surface area (Å²) in [5.74, 6) is 0.301. The molecule has 0 aliphatic carbocycles. The van der Waals surface area contributed by atoms with Gasteiger partial charge in [-0.15, -0.1) is 0 Å². The molecule has 4 rings (SSSR count). The summed E-state index contributed by atoms with van der Waals surface area (Å²) in [6, 6.07) is 19.4. The molecule has 2 heterocycles. The van der Waals surface area contributed by atoms with Crippen LogP contribution in [0.3, 0.4) is 0 Å². The van der Waals surface area contributed by atoms with Crippen molar-refractivity contribution in [2.75, 3.05) is 31.5 Å². The van der Waals surface area contributed by atoms with Gasteiger partial charge in [0.15, 0.2) is 5.69 Å². The highest BCUT2D eigenvalue weighted by atomic mass is 35.5. The molecular weight excluding hydrogens is 438 g/mol. The molecular formula is C25H28ClN5O2. The van der Waals surface area contributed by atoms with E-state index in [-0.39, 0.29) is 11.8 Å². The van der Waals surface area contributed by atoms with Crippen LogP contribution >= 0.6 is 11.6 Å². The largest absolute Gasteiger partial charge is 0.335 e. The zero-order valence-corrected chi connectivity index (χ0v) is 19.5. The predicted molar refractivity (Wildman–Crippen MR) is 129 cm³/mol. The molecule has 2 amide bonds. The Hall–Kier alpha value is -3.16. The Labute approximate surface area is 198 Å². The Balaban J connectivity index is 1.29. The first-order chi connectivity index (χ1) is 16.0. The van der Waals surface area contributed by atoms with Crippen molar-refractivity contribution >= 4 is 29.2 Å². The van der Waals surface area contributed by atoms with Crippen molar-refractivity contribution in [3.05, 3.63) is 82.5 Å². The summed E-state index contributed by atoms with van der Waals surface area (Å²) in [6.45, 7) is 3.56. The summed E-state index contributed by atoms with van der Waals surface area (Å²) in [4.78, 5) is 29.5. The van der Waals surface area contributed by atoms with Gasteiger partial charge in [-0.2, -0.15) is 5.10 Å². The maximum Gasteiger partial charge on any atom is 0.274 e. The number of hydrogen-bond donors (Lipinski definition) is 1. The van der Waals surface area contributed by atoms with Gasteiger partial charge >= 0.3 is 0 Å². The van der Waals surface area contributed by atoms with Crippen molar-refractivity contribution in [3.63, 3.8) is 0 Å². The third-order valence-corrected chi connectivity index (χ3v) is 6.23. The highest BCUT2D eigenvalue weighted by Crippen LogP contribution is 2.19. The molecule has 1 fully saturated rings. The second-order valence-corrected chi connectivity index (χ2v) is 8.64. The minimum atomic E-state index is -0.118. The van der Waals surface area contributed by atoms with Gasteiger partial charge in [0.2, 0.25) is 5.91 Å². The molecule has 2 aromatic carbocycles. The quantitative estimate of drug-likeness (QED) is 0.578. The molecule has 0 saturated carbocycles. The maximum absolute atomic E-state index is 13.0. The Bertz CT molecular complexity index is 1110. The first-order valence-corrected chi connectivity index (χ1v) is 11.5. The molecule has 172 valence electrons. The molecule has 0 radical (unpaired) electrons. The van der Waals surface area contributed by atoms with E-state index in [1.807, 2.05) is 59.5 Å². The smallest absolute Gasteiger partial charge is 0.274 e. The molecule has 0 bridgehead atoms. The van der Waals surface area contributed by atoms with E-state index < -0.39 is 0 Å². The van der Waals surface area contributed by atoms with Crippen LogP contribution in [-0.4, -0.2) is 57.6 Å². The molecule has 0 atom stereocenters. The lowest BCUT2D eigenvalue weighted by atomic mass is 10.1. The first kappa shape index (κ1) is 23.0. The number of nitrogens with zero attached hydrogens (tertiary/aromatic N) is 4. The molecule has 3 aromatic rings. The number of anilines is 1. The average Bonchev–Trinajstić information content (AvgIpc) is 3.20. The second-order valence-electron chi connectivity index (χ2n) is 8.23. The minimum absolute atomic E-state index is 0.103. The molecule has 1 aromatic heterocycles. The minimum Gasteiger partial charge on any atom is -0.335 e. The monoisotopic (exact) mass is 465 g/mol. The van der Waals surface area contributed by atoms with Crippen molar-refractivity contribution in [2.24, 2.45) is 7.05 Å². The molecule has 0 spiro atoms. The average molecular weight is 466 g/mol. The van der Waals surface area contributed by atoms with Gasteiger partial charge in [0.25, 0.3) is 5.91 Å². The number of carbonyl (C=O) groups excluding carboxylic acids is 2. The van der Waals surface area contributed by atoms with Crippen molar-refractivity contribution in [1.82, 2.24) is 19.6 Å². The van der Waals surface area contributed by atoms with Crippen LogP contribution in [0, 0.1) is 0 Å². The van der Waals surface area contributed by atoms with Crippen LogP contribution in [0.1, 0.15) is 28.0 Å². The Morgan fingerprint density at radius 1 is 1.00 bits per heavy atom. The van der Waals surface area contributed by atoms with Crippen molar-refractivity contribution < 1.29 is 9.59 Å². The summed E-state index contributed by atoms with van der Waals surface area (Å²) >= 11 is 6.27. The fraction of sp³-hybridized carbons (Fsp3) is 0.320. The molecule has 33 heavy (non-hydrogen) atoms. The van der Waals surface area contributed by atoms with Crippen molar-refractivity contribution in [2.45, 2.75) is 19.4 Å². The van der Waals surface area contributed by atoms with Crippen LogP contribution in [0.4, 0.5) is 5.82 Å². The maximum atomic E-state index is 13.0. The van der Waals surface area contributed by atoms with Gasteiger partial charge in [0.05, 0.1) is 0 Å². The highest BCUT2D eigenvalue weighted by Gasteiger charge is 2.25. The number of amides is 2. The normalized spacial score (nSPS) is 14.3. The number of halogens is 1. The van der Waals surface area contributed by atoms with E-state index >= 15 is 0 Å². The van der Waals surface area contributed by atoms with Crippen LogP contribution in [0.15, 0.2) is 60.7 Å². The van der Waals surface area contributed by atoms with Crippen LogP contribution in [-0.2, 0) is 24.8 Å². The number of benzene rings is 2. The van der Waals surface area contributed by atoms with Gasteiger partial charge < -0.3 is 10.2 Å². The number of piperazine rings is 1. The first-order valence-electron chi connectivity index (χ1n) is 11.1. The standard InChI is InChI=1S/C25H28ClN5O2/c1-29-23(27-24(32)12-11-19-7-3-2-4-8-19)17-22(28-29)25(33)31-15-13-30(14-16-31)18-20-9-5-6-10-21(20)26/h2-10,17H,11-16,18H2,1H3,(H,27,32). The number of hydrogen-bond acceptors (Lipinski definition) is 4. The lowest BCUT2D eigenvalue weighted by molar-refractivity contribution is -0.116. The van der Waals surface area contributed by atoms with Crippen LogP contribution in [0.25, 0.3) is 0 Å². The van der Waals surface area contributed by atoms with E-state index in [1.165, 1.54) is 0 Å². The fourth-order valence-corrected chi connectivity index (χ4v) is 4.13. The zero-order valence-electron chi connectivity index (χ0n) is 18.7. The predicted octanol–water partition coefficient (Wildman–Crippen LogP) is 3.60. The van der Waals surface area contributed by atoms with E-state index in [1.54, 1.807) is 17.8 Å². The molecule has 8 heteroatoms. The molecule has 1 N–H and O–H groups in total. The fourth-order valence-electron chi connectivity index (χ4n) is 3.94. The number of aromatic nitrogens is 2. The van der Waals surface area contributed by atoms with E-state index in [0.29, 0.717) is 37.4 Å². The lowest BCUT2D eigenvalue weighted by Gasteiger charge is -2.34. The second kappa shape index (κ2) is 10.6. The molecule has 1 aliphatic heterocycles. The highest BCUT2D eigenvalue weighted by molar-refractivity contribution is 6.31. The number of aryl methyl sites for hydroxylation is 2. The molecule has 1 saturated heterocycles. The SMILES string of the molecule is Cn1nc(C(=O)N2CCN(Cc3ccccc3Cl)CC2)cc1NC(=O)CCc1ccccc1. The van der Waals surface area contributed by atoms with E-state index in [9.17, 15) is 9.59 Å². The van der Waals surface area contributed by atoms with Gasteiger partial charge in [0.1, 0.15) is 5.82 Å². The van der Waals surface area contributed by atoms with Crippen LogP contribution < -0.4 is 5.32 Å². The van der Waals surface area contributed by atoms with Gasteiger partial charge in [-0.25, -0.2) is 0 Å². The van der Waals surface area contributed by atoms with Crippen molar-refractivity contribution in [3.8, 4) is 0 Å².